The van der Waals surface area contributed by atoms with E-state index in [9.17, 15) is 43.2 Å². The number of phosphoric ester groups is 2. The number of carbonyl (C=O) groups excluding carboxylic acids is 4. The smallest absolute Gasteiger partial charge is 0.462 e. The molecule has 0 radical (unpaired) electrons. The van der Waals surface area contributed by atoms with Gasteiger partial charge in [-0.1, -0.05) is 340 Å². The molecule has 0 saturated carbocycles. The van der Waals surface area contributed by atoms with Crippen LogP contribution in [0.4, 0.5) is 0 Å². The number of aliphatic hydroxyl groups is 1. The van der Waals surface area contributed by atoms with Crippen molar-refractivity contribution in [2.45, 2.75) is 341 Å². The van der Waals surface area contributed by atoms with Crippen LogP contribution in [0.25, 0.3) is 0 Å². The lowest BCUT2D eigenvalue weighted by molar-refractivity contribution is -0.161. The summed E-state index contributed by atoms with van der Waals surface area (Å²) in [5, 5.41) is 10.6. The number of hydrogen-bond acceptors (Lipinski definition) is 15. The molecule has 0 amide bonds. The van der Waals surface area contributed by atoms with Crippen molar-refractivity contribution >= 4 is 39.5 Å². The Morgan fingerprint density at radius 1 is 0.274 bits per heavy atom. The van der Waals surface area contributed by atoms with Gasteiger partial charge >= 0.3 is 39.5 Å². The molecular formula is C87H146O17P2. The summed E-state index contributed by atoms with van der Waals surface area (Å²) in [7, 11) is -10.0. The van der Waals surface area contributed by atoms with Gasteiger partial charge in [0.05, 0.1) is 26.4 Å². The van der Waals surface area contributed by atoms with E-state index < -0.39 is 97.5 Å². The van der Waals surface area contributed by atoms with Crippen LogP contribution in [-0.4, -0.2) is 96.7 Å². The Morgan fingerprint density at radius 2 is 0.491 bits per heavy atom. The molecule has 0 spiro atoms. The van der Waals surface area contributed by atoms with Crippen molar-refractivity contribution in [2.24, 2.45) is 0 Å². The van der Waals surface area contributed by atoms with E-state index in [1.807, 2.05) is 36.5 Å². The normalized spacial score (nSPS) is 14.6. The highest BCUT2D eigenvalue weighted by atomic mass is 31.2. The zero-order valence-corrected chi connectivity index (χ0v) is 68.1. The lowest BCUT2D eigenvalue weighted by Crippen LogP contribution is -2.30. The van der Waals surface area contributed by atoms with E-state index in [2.05, 4.69) is 137 Å². The average Bonchev–Trinajstić information content (AvgIpc) is 0.899. The molecule has 19 heteroatoms. The Balaban J connectivity index is 5.48. The minimum absolute atomic E-state index is 0.0330. The van der Waals surface area contributed by atoms with Crippen LogP contribution in [0.2, 0.25) is 0 Å². The fourth-order valence-electron chi connectivity index (χ4n) is 10.7. The summed E-state index contributed by atoms with van der Waals surface area (Å²) in [6, 6.07) is 0. The number of ether oxygens (including phenoxy) is 4. The lowest BCUT2D eigenvalue weighted by atomic mass is 10.0. The number of hydrogen-bond donors (Lipinski definition) is 3. The number of carbonyl (C=O) groups is 4. The summed E-state index contributed by atoms with van der Waals surface area (Å²) >= 11 is 0. The molecule has 0 aromatic rings. The Labute approximate surface area is 643 Å². The molecule has 0 aromatic carbocycles. The van der Waals surface area contributed by atoms with Crippen LogP contribution in [0.5, 0.6) is 0 Å². The van der Waals surface area contributed by atoms with Gasteiger partial charge in [-0.25, -0.2) is 9.13 Å². The van der Waals surface area contributed by atoms with E-state index in [4.69, 9.17) is 37.0 Å². The first kappa shape index (κ1) is 101. The topological polar surface area (TPSA) is 237 Å². The molecule has 0 rings (SSSR count). The number of allylic oxidation sites excluding steroid dienone is 24. The fourth-order valence-corrected chi connectivity index (χ4v) is 12.3. The standard InChI is InChI=1S/C87H146O17P2/c1-5-9-13-17-21-25-29-33-36-38-40-42-45-49-52-56-60-64-68-72-85(90)98-77-82(103-86(91)73-69-65-61-57-53-47-32-28-24-20-16-12-8-4)79-101-105(93,94)99-75-81(88)76-100-106(95,96)102-80-83(78-97-84(89)71-67-63-59-55-51-48-44-35-31-27-23-19-15-11-7-3)104-87(92)74-70-66-62-58-54-50-46-43-41-39-37-34-30-26-22-18-14-10-6-2/h9-10,13-14,21-22,25-26,33-34,36-37,40-43,49-50,52,54,60,62,64,66,81-83,88H,5-8,11-12,15-20,23-24,27-32,35,38-39,44-48,51,53,55-59,61,63,65,67-80H2,1-4H3,(H,93,94)(H,95,96)/b13-9-,14-10-,25-21-,26-22-,36-33-,37-34-,42-40-,43-41-,52-49-,54-50-,64-60-,66-62-/t81-,82-,83-/m1/s1. The van der Waals surface area contributed by atoms with Gasteiger partial charge < -0.3 is 33.8 Å². The highest BCUT2D eigenvalue weighted by molar-refractivity contribution is 7.47. The van der Waals surface area contributed by atoms with Gasteiger partial charge in [0.15, 0.2) is 12.2 Å². The van der Waals surface area contributed by atoms with Gasteiger partial charge in [-0.05, 0) is 103 Å². The molecule has 0 aromatic heterocycles. The van der Waals surface area contributed by atoms with Crippen LogP contribution in [0.3, 0.4) is 0 Å². The van der Waals surface area contributed by atoms with Crippen molar-refractivity contribution < 1.29 is 80.2 Å². The van der Waals surface area contributed by atoms with Crippen molar-refractivity contribution in [2.75, 3.05) is 39.6 Å². The predicted octanol–water partition coefficient (Wildman–Crippen LogP) is 24.2. The Hall–Kier alpha value is -5.06. The van der Waals surface area contributed by atoms with E-state index in [1.165, 1.54) is 116 Å². The molecule has 0 aliphatic carbocycles. The molecule has 0 heterocycles. The summed E-state index contributed by atoms with van der Waals surface area (Å²) in [6.07, 6.45) is 90.0. The second kappa shape index (κ2) is 78.1. The molecule has 0 saturated heterocycles. The van der Waals surface area contributed by atoms with Crippen molar-refractivity contribution in [3.63, 3.8) is 0 Å². The molecule has 0 aliphatic rings. The second-order valence-electron chi connectivity index (χ2n) is 27.0. The quantitative estimate of drug-likeness (QED) is 0.0169. The van der Waals surface area contributed by atoms with Crippen LogP contribution in [0.15, 0.2) is 146 Å². The van der Waals surface area contributed by atoms with E-state index in [0.717, 1.165) is 116 Å². The Kier molecular flexibility index (Phi) is 74.3. The van der Waals surface area contributed by atoms with Crippen molar-refractivity contribution in [3.05, 3.63) is 146 Å². The third-order valence-electron chi connectivity index (χ3n) is 16.9. The largest absolute Gasteiger partial charge is 0.472 e. The average molecular weight is 1530 g/mol. The highest BCUT2D eigenvalue weighted by Crippen LogP contribution is 2.45. The van der Waals surface area contributed by atoms with Gasteiger partial charge in [-0.2, -0.15) is 0 Å². The first-order chi connectivity index (χ1) is 51.7. The molecule has 0 aliphatic heterocycles. The van der Waals surface area contributed by atoms with Gasteiger partial charge in [0, 0.05) is 25.7 Å². The van der Waals surface area contributed by atoms with Crippen LogP contribution < -0.4 is 0 Å². The summed E-state index contributed by atoms with van der Waals surface area (Å²) in [5.74, 6) is -2.36. The summed E-state index contributed by atoms with van der Waals surface area (Å²) in [6.45, 7) is 4.50. The molecule has 0 fully saturated rings. The monoisotopic (exact) mass is 1530 g/mol. The summed E-state index contributed by atoms with van der Waals surface area (Å²) in [5.41, 5.74) is 0. The number of phosphoric acid groups is 2. The maximum absolute atomic E-state index is 13.1. The maximum Gasteiger partial charge on any atom is 0.472 e. The van der Waals surface area contributed by atoms with Gasteiger partial charge in [-0.3, -0.25) is 37.3 Å². The minimum Gasteiger partial charge on any atom is -0.462 e. The van der Waals surface area contributed by atoms with Crippen LogP contribution in [-0.2, 0) is 65.4 Å². The molecule has 17 nitrogen and oxygen atoms in total. The fraction of sp³-hybridized carbons (Fsp3) is 0.678. The molecule has 5 atom stereocenters. The van der Waals surface area contributed by atoms with Gasteiger partial charge in [-0.15, -0.1) is 0 Å². The predicted molar refractivity (Wildman–Crippen MR) is 436 cm³/mol. The third-order valence-corrected chi connectivity index (χ3v) is 18.8. The van der Waals surface area contributed by atoms with Gasteiger partial charge in [0.2, 0.25) is 0 Å². The number of aliphatic hydroxyl groups excluding tert-OH is 1. The molecule has 2 unspecified atom stereocenters. The second-order valence-corrected chi connectivity index (χ2v) is 29.9. The summed E-state index contributed by atoms with van der Waals surface area (Å²) in [4.78, 5) is 73.0. The number of rotatable bonds is 76. The SMILES string of the molecule is CC/C=C\C/C=C\C/C=C\C/C=C\C/C=C\C/C=C\CCC(=O)OC[C@H](COP(=O)(O)OC[C@@H](O)COP(=O)(O)OC[C@@H](COC(=O)CCCCCCCCCCCCCCCCC)OC(=O)CC/C=C\C/C=C\C/C=C\C/C=C\C/C=C\C/C=C\CC)OC(=O)CCCCCCCCCCCCCCC. The molecule has 0 bridgehead atoms. The third kappa shape index (κ3) is 77.1. The van der Waals surface area contributed by atoms with E-state index in [1.54, 1.807) is 0 Å². The van der Waals surface area contributed by atoms with Crippen LogP contribution in [0.1, 0.15) is 323 Å². The first-order valence-corrected chi connectivity index (χ1v) is 44.1. The van der Waals surface area contributed by atoms with E-state index in [-0.39, 0.29) is 25.7 Å². The van der Waals surface area contributed by atoms with E-state index in [0.29, 0.717) is 38.5 Å². The molecule has 3 N–H and O–H groups in total. The van der Waals surface area contributed by atoms with Crippen molar-refractivity contribution in [1.82, 2.24) is 0 Å². The molecule has 106 heavy (non-hydrogen) atoms. The van der Waals surface area contributed by atoms with Crippen molar-refractivity contribution in [3.8, 4) is 0 Å². The maximum atomic E-state index is 13.1. The Bertz CT molecular complexity index is 2580. The highest BCUT2D eigenvalue weighted by Gasteiger charge is 2.30. The van der Waals surface area contributed by atoms with Gasteiger partial charge in [0.1, 0.15) is 19.3 Å². The molecule has 606 valence electrons. The molecular weight excluding hydrogens is 1380 g/mol. The lowest BCUT2D eigenvalue weighted by Gasteiger charge is -2.21. The van der Waals surface area contributed by atoms with Crippen LogP contribution in [0, 0.1) is 0 Å². The zero-order chi connectivity index (χ0) is 77.4. The van der Waals surface area contributed by atoms with Gasteiger partial charge in [0.25, 0.3) is 0 Å². The summed E-state index contributed by atoms with van der Waals surface area (Å²) < 4.78 is 68.5. The zero-order valence-electron chi connectivity index (χ0n) is 66.3. The van der Waals surface area contributed by atoms with E-state index >= 15 is 0 Å². The number of unbranched alkanes of at least 4 members (excludes halogenated alkanes) is 26. The van der Waals surface area contributed by atoms with Crippen molar-refractivity contribution in [1.29, 1.82) is 0 Å². The Morgan fingerprint density at radius 3 is 0.774 bits per heavy atom. The first-order valence-electron chi connectivity index (χ1n) is 41.1. The van der Waals surface area contributed by atoms with Crippen LogP contribution >= 0.6 is 15.6 Å². The minimum atomic E-state index is -5.00. The number of esters is 4.